The maximum absolute atomic E-state index is 12.4. The molecule has 1 aromatic heterocycles. The van der Waals surface area contributed by atoms with E-state index < -0.39 is 21.8 Å². The van der Waals surface area contributed by atoms with Crippen molar-refractivity contribution in [1.29, 1.82) is 0 Å². The third kappa shape index (κ3) is 3.85. The molecule has 11 heteroatoms. The van der Waals surface area contributed by atoms with E-state index in [0.717, 1.165) is 4.90 Å². The SMILES string of the molecule is Cc1noc(C)c1S(=O)(=O)NCCNC(=O)c1ccc2c(c1)C(=O)N(C(C)C)C2=O. The lowest BCUT2D eigenvalue weighted by molar-refractivity contribution is 0.0609. The number of rotatable bonds is 7. The summed E-state index contributed by atoms with van der Waals surface area (Å²) in [5, 5.41) is 6.20. The van der Waals surface area contributed by atoms with Crippen LogP contribution in [-0.4, -0.2) is 55.3 Å². The quantitative estimate of drug-likeness (QED) is 0.490. The van der Waals surface area contributed by atoms with Crippen LogP contribution in [0.25, 0.3) is 0 Å². The molecule has 0 atom stereocenters. The molecule has 3 rings (SSSR count). The van der Waals surface area contributed by atoms with Crippen LogP contribution in [0.2, 0.25) is 0 Å². The number of hydrogen-bond donors (Lipinski definition) is 2. The zero-order valence-electron chi connectivity index (χ0n) is 17.0. The summed E-state index contributed by atoms with van der Waals surface area (Å²) < 4.78 is 31.9. The fourth-order valence-corrected chi connectivity index (χ4v) is 4.62. The standard InChI is InChI=1S/C19H22N4O6S/c1-10(2)23-18(25)14-6-5-13(9-15(14)19(23)26)17(24)20-7-8-21-30(27,28)16-11(3)22-29-12(16)4/h5-6,9-10,21H,7-8H2,1-4H3,(H,20,24). The van der Waals surface area contributed by atoms with Crippen LogP contribution in [0.1, 0.15) is 56.4 Å². The summed E-state index contributed by atoms with van der Waals surface area (Å²) in [6.45, 7) is 6.45. The number of carbonyl (C=O) groups is 3. The van der Waals surface area contributed by atoms with Gasteiger partial charge >= 0.3 is 0 Å². The molecule has 0 spiro atoms. The second-order valence-corrected chi connectivity index (χ2v) is 8.85. The largest absolute Gasteiger partial charge is 0.360 e. The Morgan fingerprint density at radius 3 is 2.40 bits per heavy atom. The van der Waals surface area contributed by atoms with Gasteiger partial charge in [-0.05, 0) is 45.9 Å². The third-order valence-corrected chi connectivity index (χ3v) is 6.34. The van der Waals surface area contributed by atoms with Crippen molar-refractivity contribution in [3.63, 3.8) is 0 Å². The number of amides is 3. The molecule has 2 aromatic rings. The van der Waals surface area contributed by atoms with Gasteiger partial charge in [0.25, 0.3) is 17.7 Å². The van der Waals surface area contributed by atoms with Crippen molar-refractivity contribution in [3.8, 4) is 0 Å². The van der Waals surface area contributed by atoms with Crippen LogP contribution in [0.5, 0.6) is 0 Å². The van der Waals surface area contributed by atoms with Crippen molar-refractivity contribution in [1.82, 2.24) is 20.1 Å². The fraction of sp³-hybridized carbons (Fsp3) is 0.368. The van der Waals surface area contributed by atoms with Crippen LogP contribution >= 0.6 is 0 Å². The third-order valence-electron chi connectivity index (χ3n) is 4.64. The molecule has 2 heterocycles. The minimum absolute atomic E-state index is 0.0174. The van der Waals surface area contributed by atoms with Crippen molar-refractivity contribution in [3.05, 3.63) is 46.3 Å². The summed E-state index contributed by atoms with van der Waals surface area (Å²) in [6, 6.07) is 3.99. The predicted molar refractivity (Wildman–Crippen MR) is 106 cm³/mol. The molecule has 0 unspecified atom stereocenters. The first-order valence-corrected chi connectivity index (χ1v) is 10.8. The van der Waals surface area contributed by atoms with Gasteiger partial charge in [-0.3, -0.25) is 19.3 Å². The molecule has 30 heavy (non-hydrogen) atoms. The van der Waals surface area contributed by atoms with E-state index in [1.54, 1.807) is 13.8 Å². The highest BCUT2D eigenvalue weighted by atomic mass is 32.2. The first kappa shape index (κ1) is 21.7. The maximum atomic E-state index is 12.4. The Morgan fingerprint density at radius 1 is 1.13 bits per heavy atom. The van der Waals surface area contributed by atoms with E-state index in [2.05, 4.69) is 15.2 Å². The summed E-state index contributed by atoms with van der Waals surface area (Å²) >= 11 is 0. The number of aromatic nitrogens is 1. The Bertz CT molecular complexity index is 1120. The van der Waals surface area contributed by atoms with Gasteiger partial charge in [0.2, 0.25) is 10.0 Å². The second-order valence-electron chi connectivity index (χ2n) is 7.14. The van der Waals surface area contributed by atoms with Crippen LogP contribution in [0.3, 0.4) is 0 Å². The van der Waals surface area contributed by atoms with Crippen LogP contribution in [0.4, 0.5) is 0 Å². The number of imide groups is 1. The average Bonchev–Trinajstić information content (AvgIpc) is 3.15. The van der Waals surface area contributed by atoms with Gasteiger partial charge in [0.1, 0.15) is 10.6 Å². The Labute approximate surface area is 173 Å². The second kappa shape index (κ2) is 8.00. The first-order valence-electron chi connectivity index (χ1n) is 9.27. The predicted octanol–water partition coefficient (Wildman–Crippen LogP) is 1.00. The van der Waals surface area contributed by atoms with E-state index >= 15 is 0 Å². The lowest BCUT2D eigenvalue weighted by Crippen LogP contribution is -2.36. The van der Waals surface area contributed by atoms with E-state index in [4.69, 9.17) is 4.52 Å². The Kier molecular flexibility index (Phi) is 5.77. The summed E-state index contributed by atoms with van der Waals surface area (Å²) in [6.07, 6.45) is 0. The lowest BCUT2D eigenvalue weighted by atomic mass is 10.1. The molecule has 3 amide bonds. The van der Waals surface area contributed by atoms with Crippen molar-refractivity contribution in [2.45, 2.75) is 38.6 Å². The van der Waals surface area contributed by atoms with Gasteiger partial charge in [0, 0.05) is 24.7 Å². The molecule has 0 radical (unpaired) electrons. The van der Waals surface area contributed by atoms with Gasteiger partial charge in [0.05, 0.1) is 11.1 Å². The maximum Gasteiger partial charge on any atom is 0.261 e. The van der Waals surface area contributed by atoms with Gasteiger partial charge in [0.15, 0.2) is 5.76 Å². The molecular weight excluding hydrogens is 412 g/mol. The molecule has 0 fully saturated rings. The molecule has 1 aliphatic rings. The number of carbonyl (C=O) groups excluding carboxylic acids is 3. The fourth-order valence-electron chi connectivity index (χ4n) is 3.26. The molecule has 0 saturated heterocycles. The van der Waals surface area contributed by atoms with Crippen molar-refractivity contribution < 1.29 is 27.3 Å². The van der Waals surface area contributed by atoms with Gasteiger partial charge in [-0.15, -0.1) is 0 Å². The summed E-state index contributed by atoms with van der Waals surface area (Å²) in [4.78, 5) is 38.3. The molecule has 2 N–H and O–H groups in total. The number of benzene rings is 1. The molecule has 1 aliphatic heterocycles. The number of nitrogens with zero attached hydrogens (tertiary/aromatic N) is 2. The Hall–Kier alpha value is -3.05. The minimum atomic E-state index is -3.82. The van der Waals surface area contributed by atoms with E-state index in [9.17, 15) is 22.8 Å². The summed E-state index contributed by atoms with van der Waals surface area (Å²) in [5.74, 6) is -1.13. The first-order chi connectivity index (χ1) is 14.0. The highest BCUT2D eigenvalue weighted by Crippen LogP contribution is 2.25. The van der Waals surface area contributed by atoms with E-state index in [1.807, 2.05) is 0 Å². The van der Waals surface area contributed by atoms with E-state index in [-0.39, 0.29) is 58.1 Å². The molecule has 0 saturated carbocycles. The number of hydrogen-bond acceptors (Lipinski definition) is 7. The Morgan fingerprint density at radius 2 is 1.80 bits per heavy atom. The molecule has 0 aliphatic carbocycles. The van der Waals surface area contributed by atoms with Gasteiger partial charge in [-0.1, -0.05) is 5.16 Å². The van der Waals surface area contributed by atoms with Crippen molar-refractivity contribution >= 4 is 27.7 Å². The zero-order chi connectivity index (χ0) is 22.2. The minimum Gasteiger partial charge on any atom is -0.360 e. The summed E-state index contributed by atoms with van der Waals surface area (Å²) in [7, 11) is -3.82. The highest BCUT2D eigenvalue weighted by Gasteiger charge is 2.37. The van der Waals surface area contributed by atoms with Crippen molar-refractivity contribution in [2.24, 2.45) is 0 Å². The number of sulfonamides is 1. The lowest BCUT2D eigenvalue weighted by Gasteiger charge is -2.17. The smallest absolute Gasteiger partial charge is 0.261 e. The zero-order valence-corrected chi connectivity index (χ0v) is 17.8. The number of aryl methyl sites for hydroxylation is 2. The van der Waals surface area contributed by atoms with Crippen LogP contribution in [0.15, 0.2) is 27.6 Å². The molecular formula is C19H22N4O6S. The molecule has 0 bridgehead atoms. The monoisotopic (exact) mass is 434 g/mol. The van der Waals surface area contributed by atoms with Gasteiger partial charge in [-0.2, -0.15) is 0 Å². The highest BCUT2D eigenvalue weighted by molar-refractivity contribution is 7.89. The van der Waals surface area contributed by atoms with Gasteiger partial charge < -0.3 is 9.84 Å². The van der Waals surface area contributed by atoms with Crippen LogP contribution in [0, 0.1) is 13.8 Å². The summed E-state index contributed by atoms with van der Waals surface area (Å²) in [5.41, 5.74) is 0.892. The topological polar surface area (TPSA) is 139 Å². The Balaban J connectivity index is 1.62. The molecule has 160 valence electrons. The van der Waals surface area contributed by atoms with Gasteiger partial charge in [-0.25, -0.2) is 13.1 Å². The number of fused-ring (bicyclic) bond motifs is 1. The normalized spacial score (nSPS) is 13.8. The average molecular weight is 434 g/mol. The molecule has 1 aromatic carbocycles. The number of nitrogens with one attached hydrogen (secondary N) is 2. The van der Waals surface area contributed by atoms with E-state index in [0.29, 0.717) is 0 Å². The van der Waals surface area contributed by atoms with Crippen molar-refractivity contribution in [2.75, 3.05) is 13.1 Å². The van der Waals surface area contributed by atoms with Crippen LogP contribution in [-0.2, 0) is 10.0 Å². The molecule has 10 nitrogen and oxygen atoms in total. The van der Waals surface area contributed by atoms with Crippen LogP contribution < -0.4 is 10.0 Å². The van der Waals surface area contributed by atoms with E-state index in [1.165, 1.54) is 32.0 Å².